The van der Waals surface area contributed by atoms with Crippen LogP contribution in [0.3, 0.4) is 0 Å². The lowest BCUT2D eigenvalue weighted by atomic mass is 9.94. The van der Waals surface area contributed by atoms with E-state index in [0.29, 0.717) is 23.5 Å². The van der Waals surface area contributed by atoms with Gasteiger partial charge in [0.2, 0.25) is 0 Å². The molecule has 33 heavy (non-hydrogen) atoms. The summed E-state index contributed by atoms with van der Waals surface area (Å²) in [5.41, 5.74) is 0.985. The van der Waals surface area contributed by atoms with Gasteiger partial charge >= 0.3 is 0 Å². The summed E-state index contributed by atoms with van der Waals surface area (Å²) in [6.07, 6.45) is 4.03. The number of hydrogen-bond acceptors (Lipinski definition) is 5. The van der Waals surface area contributed by atoms with E-state index in [1.807, 2.05) is 6.92 Å². The number of ether oxygens (including phenoxy) is 1. The molecular formula is C26H23FN2O4. The van der Waals surface area contributed by atoms with Crippen LogP contribution in [0.2, 0.25) is 0 Å². The molecule has 0 aliphatic carbocycles. The maximum absolute atomic E-state index is 14.8. The topological polar surface area (TPSA) is 79.7 Å². The molecule has 2 aromatic carbocycles. The van der Waals surface area contributed by atoms with Gasteiger partial charge in [-0.25, -0.2) is 4.39 Å². The van der Waals surface area contributed by atoms with E-state index in [9.17, 15) is 19.1 Å². The fourth-order valence-corrected chi connectivity index (χ4v) is 3.84. The smallest absolute Gasteiger partial charge is 0.295 e. The Kier molecular flexibility index (Phi) is 6.49. The number of aliphatic hydroxyl groups excluding tert-OH is 1. The molecule has 0 unspecified atom stereocenters. The van der Waals surface area contributed by atoms with E-state index >= 15 is 0 Å². The van der Waals surface area contributed by atoms with E-state index in [2.05, 4.69) is 4.98 Å². The number of hydrogen-bond donors (Lipinski definition) is 1. The zero-order valence-corrected chi connectivity index (χ0v) is 18.1. The molecule has 0 bridgehead atoms. The minimum absolute atomic E-state index is 0.0397. The first-order valence-electron chi connectivity index (χ1n) is 10.7. The number of carbonyl (C=O) groups excluding carboxylic acids is 2. The largest absolute Gasteiger partial charge is 0.507 e. The highest BCUT2D eigenvalue weighted by atomic mass is 19.1. The highest BCUT2D eigenvalue weighted by Gasteiger charge is 2.46. The molecular weight excluding hydrogens is 423 g/mol. The van der Waals surface area contributed by atoms with Gasteiger partial charge in [-0.2, -0.15) is 0 Å². The van der Waals surface area contributed by atoms with Gasteiger partial charge in [-0.15, -0.1) is 0 Å². The standard InChI is InChI=1S/C26H23FN2O4/c1-2-14-33-19-11-9-18(10-12-19)24(30)22-23(20-7-3-4-8-21(20)27)29(26(32)25(22)31)16-17-6-5-13-28-15-17/h3-13,15,23,30H,2,14,16H2,1H3/b24-22+/t23-/m1/s1. The zero-order valence-electron chi connectivity index (χ0n) is 18.1. The molecule has 1 N–H and O–H groups in total. The Bertz CT molecular complexity index is 1190. The molecule has 1 aliphatic rings. The number of likely N-dealkylation sites (tertiary alicyclic amines) is 1. The lowest BCUT2D eigenvalue weighted by molar-refractivity contribution is -0.140. The van der Waals surface area contributed by atoms with Crippen LogP contribution in [0.15, 0.2) is 78.6 Å². The molecule has 1 aliphatic heterocycles. The maximum atomic E-state index is 14.8. The molecule has 0 radical (unpaired) electrons. The molecule has 6 nitrogen and oxygen atoms in total. The summed E-state index contributed by atoms with van der Waals surface area (Å²) in [4.78, 5) is 31.4. The van der Waals surface area contributed by atoms with Gasteiger partial charge in [0.1, 0.15) is 17.3 Å². The summed E-state index contributed by atoms with van der Waals surface area (Å²) in [7, 11) is 0. The quantitative estimate of drug-likeness (QED) is 0.325. The van der Waals surface area contributed by atoms with E-state index in [1.165, 1.54) is 23.1 Å². The normalized spacial score (nSPS) is 17.4. The van der Waals surface area contributed by atoms with Gasteiger partial charge in [0.15, 0.2) is 0 Å². The predicted molar refractivity (Wildman–Crippen MR) is 121 cm³/mol. The molecule has 0 saturated carbocycles. The summed E-state index contributed by atoms with van der Waals surface area (Å²) in [5.74, 6) is -1.99. The van der Waals surface area contributed by atoms with Crippen molar-refractivity contribution in [3.8, 4) is 5.75 Å². The zero-order chi connectivity index (χ0) is 23.4. The number of amides is 1. The third kappa shape index (κ3) is 4.48. The van der Waals surface area contributed by atoms with Crippen LogP contribution in [0.5, 0.6) is 5.75 Å². The Labute approximate surface area is 191 Å². The van der Waals surface area contributed by atoms with Crippen LogP contribution in [0.25, 0.3) is 5.76 Å². The van der Waals surface area contributed by atoms with Crippen LogP contribution in [0.1, 0.15) is 36.1 Å². The number of aromatic nitrogens is 1. The van der Waals surface area contributed by atoms with Crippen molar-refractivity contribution in [3.05, 3.63) is 101 Å². The SMILES string of the molecule is CCCOc1ccc(/C(O)=C2\C(=O)C(=O)N(Cc3cccnc3)[C@@H]2c2ccccc2F)cc1. The van der Waals surface area contributed by atoms with Gasteiger partial charge in [0, 0.05) is 30.1 Å². The second kappa shape index (κ2) is 9.65. The van der Waals surface area contributed by atoms with E-state index in [4.69, 9.17) is 4.74 Å². The van der Waals surface area contributed by atoms with Crippen molar-refractivity contribution in [2.24, 2.45) is 0 Å². The van der Waals surface area contributed by atoms with Gasteiger partial charge in [-0.3, -0.25) is 14.6 Å². The minimum atomic E-state index is -1.08. The number of halogens is 1. The molecule has 2 heterocycles. The Balaban J connectivity index is 1.80. The Morgan fingerprint density at radius 3 is 2.52 bits per heavy atom. The predicted octanol–water partition coefficient (Wildman–Crippen LogP) is 4.63. The van der Waals surface area contributed by atoms with Gasteiger partial charge in [-0.1, -0.05) is 31.2 Å². The van der Waals surface area contributed by atoms with E-state index in [-0.39, 0.29) is 23.4 Å². The van der Waals surface area contributed by atoms with Crippen molar-refractivity contribution in [2.45, 2.75) is 25.9 Å². The third-order valence-electron chi connectivity index (χ3n) is 5.42. The lowest BCUT2D eigenvalue weighted by Gasteiger charge is -2.25. The van der Waals surface area contributed by atoms with Crippen LogP contribution in [0, 0.1) is 5.82 Å². The molecule has 168 valence electrons. The first kappa shape index (κ1) is 22.2. The maximum Gasteiger partial charge on any atom is 0.295 e. The fourth-order valence-electron chi connectivity index (χ4n) is 3.84. The number of Topliss-reactive ketones (excluding diaryl/α,β-unsaturated/α-hetero) is 1. The van der Waals surface area contributed by atoms with Gasteiger partial charge in [-0.05, 0) is 48.4 Å². The van der Waals surface area contributed by atoms with E-state index < -0.39 is 23.5 Å². The van der Waals surface area contributed by atoms with Gasteiger partial charge in [0.25, 0.3) is 11.7 Å². The Morgan fingerprint density at radius 1 is 1.09 bits per heavy atom. The molecule has 0 spiro atoms. The van der Waals surface area contributed by atoms with Crippen LogP contribution < -0.4 is 4.74 Å². The molecule has 1 atom stereocenters. The van der Waals surface area contributed by atoms with Crippen molar-refractivity contribution in [1.29, 1.82) is 0 Å². The number of nitrogens with zero attached hydrogens (tertiary/aromatic N) is 2. The first-order chi connectivity index (χ1) is 16.0. The number of carbonyl (C=O) groups is 2. The molecule has 1 fully saturated rings. The Hall–Kier alpha value is -4.00. The second-order valence-electron chi connectivity index (χ2n) is 7.68. The summed E-state index contributed by atoms with van der Waals surface area (Å²) in [6.45, 7) is 2.59. The van der Waals surface area contributed by atoms with E-state index in [0.717, 1.165) is 6.42 Å². The van der Waals surface area contributed by atoms with Crippen molar-refractivity contribution >= 4 is 17.4 Å². The van der Waals surface area contributed by atoms with Gasteiger partial charge in [0.05, 0.1) is 18.2 Å². The second-order valence-corrected chi connectivity index (χ2v) is 7.68. The average molecular weight is 446 g/mol. The average Bonchev–Trinajstić information content (AvgIpc) is 3.08. The number of aliphatic hydroxyl groups is 1. The van der Waals surface area contributed by atoms with Crippen LogP contribution in [0.4, 0.5) is 4.39 Å². The molecule has 7 heteroatoms. The van der Waals surface area contributed by atoms with Crippen molar-refractivity contribution in [3.63, 3.8) is 0 Å². The summed E-state index contributed by atoms with van der Waals surface area (Å²) < 4.78 is 20.4. The van der Waals surface area contributed by atoms with Crippen molar-refractivity contribution in [1.82, 2.24) is 9.88 Å². The van der Waals surface area contributed by atoms with Crippen LogP contribution in [-0.4, -0.2) is 33.3 Å². The first-order valence-corrected chi connectivity index (χ1v) is 10.7. The minimum Gasteiger partial charge on any atom is -0.507 e. The summed E-state index contributed by atoms with van der Waals surface area (Å²) >= 11 is 0. The number of ketones is 1. The lowest BCUT2D eigenvalue weighted by Crippen LogP contribution is -2.29. The van der Waals surface area contributed by atoms with Crippen molar-refractivity contribution < 1.29 is 23.8 Å². The number of benzene rings is 2. The molecule has 1 saturated heterocycles. The van der Waals surface area contributed by atoms with Gasteiger partial charge < -0.3 is 14.7 Å². The summed E-state index contributed by atoms with van der Waals surface area (Å²) in [5, 5.41) is 11.1. The highest BCUT2D eigenvalue weighted by molar-refractivity contribution is 6.46. The molecule has 3 aromatic rings. The highest BCUT2D eigenvalue weighted by Crippen LogP contribution is 2.41. The molecule has 1 amide bonds. The number of rotatable bonds is 7. The number of pyridine rings is 1. The third-order valence-corrected chi connectivity index (χ3v) is 5.42. The van der Waals surface area contributed by atoms with E-state index in [1.54, 1.807) is 54.9 Å². The summed E-state index contributed by atoms with van der Waals surface area (Å²) in [6, 6.07) is 14.9. The van der Waals surface area contributed by atoms with Crippen LogP contribution >= 0.6 is 0 Å². The molecule has 4 rings (SSSR count). The Morgan fingerprint density at radius 2 is 1.85 bits per heavy atom. The fraction of sp³-hybridized carbons (Fsp3) is 0.192. The monoisotopic (exact) mass is 446 g/mol. The molecule has 1 aromatic heterocycles. The van der Waals surface area contributed by atoms with Crippen LogP contribution in [-0.2, 0) is 16.1 Å². The van der Waals surface area contributed by atoms with Crippen molar-refractivity contribution in [2.75, 3.05) is 6.61 Å².